The Bertz CT molecular complexity index is 696. The molecule has 0 spiro atoms. The summed E-state index contributed by atoms with van der Waals surface area (Å²) in [5.41, 5.74) is 1.99. The second-order valence-electron chi connectivity index (χ2n) is 4.52. The van der Waals surface area contributed by atoms with Crippen molar-refractivity contribution in [2.45, 2.75) is 13.3 Å². The molecule has 3 rings (SSSR count). The summed E-state index contributed by atoms with van der Waals surface area (Å²) in [5, 5.41) is 7.71. The van der Waals surface area contributed by atoms with Gasteiger partial charge in [0.15, 0.2) is 5.82 Å². The zero-order valence-corrected chi connectivity index (χ0v) is 11.0. The number of hydrogen-bond donors (Lipinski definition) is 1. The topological polar surface area (TPSA) is 60.0 Å². The summed E-state index contributed by atoms with van der Waals surface area (Å²) in [6.07, 6.45) is 8.23. The molecule has 0 saturated heterocycles. The molecule has 0 radical (unpaired) electrons. The van der Waals surface area contributed by atoms with Crippen molar-refractivity contribution in [2.75, 3.05) is 11.9 Å². The van der Waals surface area contributed by atoms with Crippen LogP contribution in [0, 0.1) is 6.92 Å². The normalized spacial score (nSPS) is 11.1. The summed E-state index contributed by atoms with van der Waals surface area (Å²) in [6.45, 7) is 2.77. The maximum absolute atomic E-state index is 4.37. The number of fused-ring (bicyclic) bond motifs is 1. The number of rotatable bonds is 4. The number of aryl methyl sites for hydroxylation is 2. The van der Waals surface area contributed by atoms with E-state index in [0.29, 0.717) is 0 Å². The zero-order valence-electron chi connectivity index (χ0n) is 11.0. The number of hydrogen-bond acceptors (Lipinski definition) is 4. The molecule has 3 heterocycles. The fourth-order valence-corrected chi connectivity index (χ4v) is 2.11. The first kappa shape index (κ1) is 11.7. The molecule has 0 saturated carbocycles. The lowest BCUT2D eigenvalue weighted by molar-refractivity contribution is 0.788. The molecule has 3 aromatic rings. The molecule has 98 valence electrons. The smallest absolute Gasteiger partial charge is 0.152 e. The van der Waals surface area contributed by atoms with Crippen molar-refractivity contribution in [3.05, 3.63) is 42.4 Å². The largest absolute Gasteiger partial charge is 0.368 e. The van der Waals surface area contributed by atoms with E-state index in [-0.39, 0.29) is 0 Å². The molecule has 0 aliphatic rings. The Balaban J connectivity index is 1.73. The highest BCUT2D eigenvalue weighted by atomic mass is 15.2. The third kappa shape index (κ3) is 2.29. The highest BCUT2D eigenvalue weighted by Gasteiger charge is 2.05. The highest BCUT2D eigenvalue weighted by molar-refractivity contribution is 5.67. The second kappa shape index (κ2) is 4.72. The molecule has 0 aliphatic carbocycles. The lowest BCUT2D eigenvalue weighted by atomic mass is 10.3. The van der Waals surface area contributed by atoms with Gasteiger partial charge in [0.1, 0.15) is 11.3 Å². The molecule has 1 N–H and O–H groups in total. The lowest BCUT2D eigenvalue weighted by Gasteiger charge is -2.06. The minimum Gasteiger partial charge on any atom is -0.368 e. The summed E-state index contributed by atoms with van der Waals surface area (Å²) in [7, 11) is 2.00. The van der Waals surface area contributed by atoms with Gasteiger partial charge in [0.25, 0.3) is 0 Å². The summed E-state index contributed by atoms with van der Waals surface area (Å²) in [5.74, 6) is 1.92. The Morgan fingerprint density at radius 2 is 2.05 bits per heavy atom. The Hall–Kier alpha value is -2.37. The molecule has 0 aromatic carbocycles. The van der Waals surface area contributed by atoms with Crippen LogP contribution in [0.4, 0.5) is 5.82 Å². The lowest BCUT2D eigenvalue weighted by Crippen LogP contribution is -2.10. The van der Waals surface area contributed by atoms with Crippen LogP contribution < -0.4 is 5.32 Å². The average Bonchev–Trinajstić information content (AvgIpc) is 2.95. The molecule has 0 bridgehead atoms. The first-order valence-electron chi connectivity index (χ1n) is 6.25. The monoisotopic (exact) mass is 256 g/mol. The van der Waals surface area contributed by atoms with Crippen LogP contribution in [-0.4, -0.2) is 30.7 Å². The minimum absolute atomic E-state index is 0.793. The van der Waals surface area contributed by atoms with Crippen LogP contribution in [0.1, 0.15) is 11.5 Å². The Morgan fingerprint density at radius 3 is 2.84 bits per heavy atom. The van der Waals surface area contributed by atoms with Crippen molar-refractivity contribution in [1.29, 1.82) is 0 Å². The van der Waals surface area contributed by atoms with Crippen molar-refractivity contribution < 1.29 is 0 Å². The van der Waals surface area contributed by atoms with Gasteiger partial charge in [0.05, 0.1) is 5.69 Å². The number of imidazole rings is 1. The van der Waals surface area contributed by atoms with E-state index >= 15 is 0 Å². The van der Waals surface area contributed by atoms with Gasteiger partial charge in [0.2, 0.25) is 0 Å². The molecule has 0 aliphatic heterocycles. The van der Waals surface area contributed by atoms with Gasteiger partial charge in [-0.15, -0.1) is 0 Å². The van der Waals surface area contributed by atoms with Crippen LogP contribution >= 0.6 is 0 Å². The van der Waals surface area contributed by atoms with Crippen LogP contribution in [0.5, 0.6) is 0 Å². The van der Waals surface area contributed by atoms with E-state index in [4.69, 9.17) is 0 Å². The number of anilines is 1. The predicted molar refractivity (Wildman–Crippen MR) is 73.1 cm³/mol. The van der Waals surface area contributed by atoms with Crippen molar-refractivity contribution in [3.63, 3.8) is 0 Å². The Kier molecular flexibility index (Phi) is 2.91. The third-order valence-corrected chi connectivity index (χ3v) is 3.07. The van der Waals surface area contributed by atoms with Gasteiger partial charge in [0, 0.05) is 44.8 Å². The maximum Gasteiger partial charge on any atom is 0.152 e. The third-order valence-electron chi connectivity index (χ3n) is 3.07. The molecule has 0 amide bonds. The minimum atomic E-state index is 0.793. The van der Waals surface area contributed by atoms with E-state index in [0.717, 1.165) is 35.8 Å². The predicted octanol–water partition coefficient (Wildman–Crippen LogP) is 1.43. The van der Waals surface area contributed by atoms with Crippen LogP contribution in [-0.2, 0) is 13.5 Å². The molecule has 0 unspecified atom stereocenters. The van der Waals surface area contributed by atoms with Crippen molar-refractivity contribution in [1.82, 2.24) is 24.1 Å². The summed E-state index contributed by atoms with van der Waals surface area (Å²) >= 11 is 0. The van der Waals surface area contributed by atoms with E-state index in [1.807, 2.05) is 47.7 Å². The standard InChI is InChI=1S/C13H16N6/c1-10-9-11-13(16-6-8-19(11)17-10)15-4-3-12-14-5-7-18(12)2/h5-9H,3-4H2,1-2H3,(H,15,16). The highest BCUT2D eigenvalue weighted by Crippen LogP contribution is 2.14. The fourth-order valence-electron chi connectivity index (χ4n) is 2.11. The van der Waals surface area contributed by atoms with Crippen LogP contribution in [0.3, 0.4) is 0 Å². The van der Waals surface area contributed by atoms with E-state index in [2.05, 4.69) is 20.4 Å². The SMILES string of the molecule is Cc1cc2c(NCCc3nccn3C)nccn2n1. The van der Waals surface area contributed by atoms with Crippen molar-refractivity contribution in [3.8, 4) is 0 Å². The van der Waals surface area contributed by atoms with Gasteiger partial charge in [-0.1, -0.05) is 0 Å². The van der Waals surface area contributed by atoms with Gasteiger partial charge in [-0.3, -0.25) is 0 Å². The van der Waals surface area contributed by atoms with Gasteiger partial charge in [-0.2, -0.15) is 5.10 Å². The van der Waals surface area contributed by atoms with Crippen LogP contribution in [0.15, 0.2) is 30.9 Å². The number of aromatic nitrogens is 5. The summed E-state index contributed by atoms with van der Waals surface area (Å²) < 4.78 is 3.87. The molecule has 3 aromatic heterocycles. The van der Waals surface area contributed by atoms with E-state index in [9.17, 15) is 0 Å². The van der Waals surface area contributed by atoms with Gasteiger partial charge in [-0.05, 0) is 13.0 Å². The molecule has 0 atom stereocenters. The molecule has 6 nitrogen and oxygen atoms in total. The Morgan fingerprint density at radius 1 is 1.21 bits per heavy atom. The van der Waals surface area contributed by atoms with E-state index in [1.165, 1.54) is 0 Å². The maximum atomic E-state index is 4.37. The van der Waals surface area contributed by atoms with Gasteiger partial charge in [-0.25, -0.2) is 14.5 Å². The fraction of sp³-hybridized carbons (Fsp3) is 0.308. The Labute approximate surface area is 111 Å². The average molecular weight is 256 g/mol. The quantitative estimate of drug-likeness (QED) is 0.767. The number of nitrogens with one attached hydrogen (secondary N) is 1. The van der Waals surface area contributed by atoms with Crippen LogP contribution in [0.25, 0.3) is 5.52 Å². The summed E-state index contributed by atoms with van der Waals surface area (Å²) in [6, 6.07) is 2.02. The van der Waals surface area contributed by atoms with Gasteiger partial charge >= 0.3 is 0 Å². The van der Waals surface area contributed by atoms with Crippen molar-refractivity contribution in [2.24, 2.45) is 7.05 Å². The molecular formula is C13H16N6. The first-order valence-corrected chi connectivity index (χ1v) is 6.25. The van der Waals surface area contributed by atoms with Crippen LogP contribution in [0.2, 0.25) is 0 Å². The second-order valence-corrected chi connectivity index (χ2v) is 4.52. The molecule has 0 fully saturated rings. The molecule has 19 heavy (non-hydrogen) atoms. The molecule has 6 heteroatoms. The van der Waals surface area contributed by atoms with E-state index < -0.39 is 0 Å². The number of nitrogens with zero attached hydrogens (tertiary/aromatic N) is 5. The van der Waals surface area contributed by atoms with Crippen molar-refractivity contribution >= 4 is 11.3 Å². The first-order chi connectivity index (χ1) is 9.24. The van der Waals surface area contributed by atoms with Gasteiger partial charge < -0.3 is 9.88 Å². The molecular weight excluding hydrogens is 240 g/mol. The van der Waals surface area contributed by atoms with E-state index in [1.54, 1.807) is 6.20 Å². The summed E-state index contributed by atoms with van der Waals surface area (Å²) in [4.78, 5) is 8.66. The zero-order chi connectivity index (χ0) is 13.2.